The average Bonchev–Trinajstić information content (AvgIpc) is 2.47. The largest absolute Gasteiger partial charge is 0.479 e. The first kappa shape index (κ1) is 16.3. The summed E-state index contributed by atoms with van der Waals surface area (Å²) in [6, 6.07) is 7.81. The molecule has 0 amide bonds. The van der Waals surface area contributed by atoms with E-state index in [4.69, 9.17) is 14.4 Å². The van der Waals surface area contributed by atoms with Gasteiger partial charge in [0.1, 0.15) is 0 Å². The summed E-state index contributed by atoms with van der Waals surface area (Å²) in [5.74, 6) is -2.43. The third kappa shape index (κ3) is 2.86. The van der Waals surface area contributed by atoms with E-state index in [2.05, 4.69) is 4.89 Å². The van der Waals surface area contributed by atoms with E-state index in [1.807, 2.05) is 0 Å². The van der Waals surface area contributed by atoms with Gasteiger partial charge in [0.2, 0.25) is 12.1 Å². The number of aliphatic carboxylic acids is 1. The Morgan fingerprint density at radius 2 is 1.65 bits per heavy atom. The molecule has 1 rings (SSSR count). The summed E-state index contributed by atoms with van der Waals surface area (Å²) in [4.78, 5) is 33.3. The van der Waals surface area contributed by atoms with Crippen molar-refractivity contribution in [2.75, 3.05) is 21.3 Å². The Balaban J connectivity index is 3.35. The van der Waals surface area contributed by atoms with E-state index < -0.39 is 23.6 Å². The minimum absolute atomic E-state index is 0.131. The minimum atomic E-state index is -2.46. The molecule has 0 aromatic heterocycles. The van der Waals surface area contributed by atoms with Crippen LogP contribution in [0.25, 0.3) is 0 Å². The molecular weight excluding hydrogens is 268 g/mol. The number of benzene rings is 1. The zero-order chi connectivity index (χ0) is 15.2. The smallest absolute Gasteiger partial charge is 0.353 e. The number of carboxylic acids is 1. The first-order chi connectivity index (χ1) is 9.54. The maximum atomic E-state index is 12.5. The number of carbonyl (C=O) groups is 2. The van der Waals surface area contributed by atoms with Gasteiger partial charge >= 0.3 is 11.6 Å². The highest BCUT2D eigenvalue weighted by molar-refractivity contribution is 6.15. The molecule has 1 atom stereocenters. The van der Waals surface area contributed by atoms with Crippen LogP contribution in [-0.4, -0.2) is 50.1 Å². The van der Waals surface area contributed by atoms with Crippen molar-refractivity contribution < 1.29 is 33.9 Å². The van der Waals surface area contributed by atoms with Crippen molar-refractivity contribution in [1.82, 2.24) is 0 Å². The molecule has 110 valence electrons. The Hall–Kier alpha value is -1.80. The Morgan fingerprint density at radius 3 is 2.05 bits per heavy atom. The molecule has 0 aliphatic rings. The first-order valence-corrected chi connectivity index (χ1v) is 5.65. The number of rotatable bonds is 8. The molecule has 1 N–H and O–H groups in total. The van der Waals surface area contributed by atoms with Gasteiger partial charge in [0.25, 0.3) is 0 Å². The first-order valence-electron chi connectivity index (χ1n) is 5.65. The number of methoxy groups -OCH3 is 2. The van der Waals surface area contributed by atoms with Gasteiger partial charge in [0.15, 0.2) is 0 Å². The van der Waals surface area contributed by atoms with E-state index in [1.165, 1.54) is 26.4 Å². The maximum Gasteiger partial charge on any atom is 0.353 e. The highest BCUT2D eigenvalue weighted by atomic mass is 17.2. The summed E-state index contributed by atoms with van der Waals surface area (Å²) in [6.45, 7) is 0. The average molecular weight is 284 g/mol. The summed E-state index contributed by atoms with van der Waals surface area (Å²) >= 11 is 0. The highest BCUT2D eigenvalue weighted by Crippen LogP contribution is 2.26. The van der Waals surface area contributed by atoms with Crippen LogP contribution in [0.4, 0.5) is 0 Å². The second kappa shape index (κ2) is 7.11. The summed E-state index contributed by atoms with van der Waals surface area (Å²) in [5, 5.41) is 9.43. The number of ether oxygens (including phenoxy) is 2. The van der Waals surface area contributed by atoms with Crippen LogP contribution in [0.1, 0.15) is 10.4 Å². The van der Waals surface area contributed by atoms with Crippen LogP contribution in [0.3, 0.4) is 0 Å². The molecular formula is C13H16O7. The van der Waals surface area contributed by atoms with Crippen LogP contribution in [-0.2, 0) is 24.0 Å². The fourth-order valence-electron chi connectivity index (χ4n) is 1.78. The minimum Gasteiger partial charge on any atom is -0.479 e. The van der Waals surface area contributed by atoms with Gasteiger partial charge in [-0.1, -0.05) is 30.3 Å². The molecule has 20 heavy (non-hydrogen) atoms. The molecule has 7 heteroatoms. The summed E-state index contributed by atoms with van der Waals surface area (Å²) in [6.07, 6.45) is -1.48. The molecule has 0 radical (unpaired) electrons. The second-order valence-corrected chi connectivity index (χ2v) is 3.79. The molecule has 0 bridgehead atoms. The Kier molecular flexibility index (Phi) is 5.78. The molecule has 1 aromatic carbocycles. The normalized spacial score (nSPS) is 14.0. The molecule has 0 saturated heterocycles. The van der Waals surface area contributed by atoms with Crippen molar-refractivity contribution in [3.8, 4) is 0 Å². The van der Waals surface area contributed by atoms with Gasteiger partial charge in [0.05, 0.1) is 7.11 Å². The second-order valence-electron chi connectivity index (χ2n) is 3.79. The Labute approximate surface area is 115 Å². The van der Waals surface area contributed by atoms with Gasteiger partial charge in [-0.2, -0.15) is 0 Å². The van der Waals surface area contributed by atoms with Gasteiger partial charge in [-0.15, -0.1) is 0 Å². The third-order valence-corrected chi connectivity index (χ3v) is 2.67. The zero-order valence-electron chi connectivity index (χ0n) is 11.4. The predicted molar refractivity (Wildman–Crippen MR) is 67.0 cm³/mol. The van der Waals surface area contributed by atoms with E-state index in [-0.39, 0.29) is 5.56 Å². The molecule has 0 aliphatic heterocycles. The molecule has 1 aromatic rings. The van der Waals surface area contributed by atoms with E-state index in [0.29, 0.717) is 0 Å². The molecule has 0 heterocycles. The van der Waals surface area contributed by atoms with Crippen molar-refractivity contribution in [2.24, 2.45) is 0 Å². The number of carbonyl (C=O) groups excluding carboxylic acids is 1. The van der Waals surface area contributed by atoms with Crippen molar-refractivity contribution >= 4 is 11.8 Å². The predicted octanol–water partition coefficient (Wildman–Crippen LogP) is 0.890. The van der Waals surface area contributed by atoms with E-state index >= 15 is 0 Å². The van der Waals surface area contributed by atoms with Gasteiger partial charge in [-0.3, -0.25) is 4.79 Å². The topological polar surface area (TPSA) is 91.3 Å². The van der Waals surface area contributed by atoms with Gasteiger partial charge < -0.3 is 14.6 Å². The number of carboxylic acid groups (broad SMARTS) is 1. The van der Waals surface area contributed by atoms with Gasteiger partial charge in [-0.05, 0) is 0 Å². The van der Waals surface area contributed by atoms with Crippen LogP contribution in [0, 0.1) is 0 Å². The van der Waals surface area contributed by atoms with Crippen LogP contribution in [0.15, 0.2) is 30.3 Å². The van der Waals surface area contributed by atoms with Gasteiger partial charge in [0, 0.05) is 19.8 Å². The summed E-state index contributed by atoms with van der Waals surface area (Å²) in [5.41, 5.74) is -2.33. The van der Waals surface area contributed by atoms with Gasteiger partial charge in [-0.25, -0.2) is 14.6 Å². The SMILES string of the molecule is COOC(C(=O)O)(C(=O)c1ccccc1)C(OC)OC. The third-order valence-electron chi connectivity index (χ3n) is 2.67. The lowest BCUT2D eigenvalue weighted by atomic mass is 9.92. The molecule has 0 fully saturated rings. The maximum absolute atomic E-state index is 12.5. The highest BCUT2D eigenvalue weighted by Gasteiger charge is 2.57. The van der Waals surface area contributed by atoms with Crippen molar-refractivity contribution in [2.45, 2.75) is 11.9 Å². The van der Waals surface area contributed by atoms with Crippen LogP contribution in [0.5, 0.6) is 0 Å². The molecule has 1 unspecified atom stereocenters. The van der Waals surface area contributed by atoms with E-state index in [0.717, 1.165) is 7.11 Å². The lowest BCUT2D eigenvalue weighted by molar-refractivity contribution is -0.362. The number of ketones is 1. The summed E-state index contributed by atoms with van der Waals surface area (Å²) < 4.78 is 9.79. The Bertz CT molecular complexity index is 455. The molecule has 7 nitrogen and oxygen atoms in total. The lowest BCUT2D eigenvalue weighted by Crippen LogP contribution is -2.59. The molecule has 0 saturated carbocycles. The standard InChI is InChI=1S/C13H16O7/c1-17-12(18-2)13(11(15)16,20-19-3)10(14)9-7-5-4-6-8-9/h4-8,12H,1-3H3,(H,15,16). The van der Waals surface area contributed by atoms with Crippen LogP contribution in [0.2, 0.25) is 0 Å². The summed E-state index contributed by atoms with van der Waals surface area (Å²) in [7, 11) is 3.49. The zero-order valence-corrected chi connectivity index (χ0v) is 11.4. The van der Waals surface area contributed by atoms with Crippen molar-refractivity contribution in [1.29, 1.82) is 0 Å². The monoisotopic (exact) mass is 284 g/mol. The fourth-order valence-corrected chi connectivity index (χ4v) is 1.78. The quantitative estimate of drug-likeness (QED) is 0.249. The van der Waals surface area contributed by atoms with E-state index in [9.17, 15) is 14.7 Å². The van der Waals surface area contributed by atoms with Crippen LogP contribution >= 0.6 is 0 Å². The van der Waals surface area contributed by atoms with Crippen molar-refractivity contribution in [3.63, 3.8) is 0 Å². The number of hydrogen-bond acceptors (Lipinski definition) is 6. The lowest BCUT2D eigenvalue weighted by Gasteiger charge is -2.31. The molecule has 0 spiro atoms. The van der Waals surface area contributed by atoms with Crippen LogP contribution < -0.4 is 0 Å². The number of Topliss-reactive ketones (excluding diaryl/α,β-unsaturated/α-hetero) is 1. The number of hydrogen-bond donors (Lipinski definition) is 1. The van der Waals surface area contributed by atoms with Crippen molar-refractivity contribution in [3.05, 3.63) is 35.9 Å². The van der Waals surface area contributed by atoms with E-state index in [1.54, 1.807) is 18.2 Å². The fraction of sp³-hybridized carbons (Fsp3) is 0.385. The molecule has 0 aliphatic carbocycles. The Morgan fingerprint density at radius 1 is 1.10 bits per heavy atom.